The van der Waals surface area contributed by atoms with Gasteiger partial charge in [0, 0.05) is 35.6 Å². The molecule has 1 heterocycles. The minimum atomic E-state index is 0.424. The molecule has 0 amide bonds. The van der Waals surface area contributed by atoms with Crippen LogP contribution in [0.15, 0.2) is 18.2 Å². The van der Waals surface area contributed by atoms with Crippen molar-refractivity contribution in [2.45, 2.75) is 59.9 Å². The lowest BCUT2D eigenvalue weighted by molar-refractivity contribution is 0.317. The van der Waals surface area contributed by atoms with Crippen molar-refractivity contribution in [1.82, 2.24) is 4.31 Å². The summed E-state index contributed by atoms with van der Waals surface area (Å²) in [7, 11) is 4.22. The van der Waals surface area contributed by atoms with Crippen LogP contribution in [0.4, 0.5) is 5.69 Å². The molecule has 1 aromatic carbocycles. The molecule has 2 nitrogen and oxygen atoms in total. The van der Waals surface area contributed by atoms with Gasteiger partial charge in [0.1, 0.15) is 0 Å². The molecule has 3 rings (SSSR count). The second-order valence-electron chi connectivity index (χ2n) is 8.88. The van der Waals surface area contributed by atoms with Gasteiger partial charge in [0.15, 0.2) is 0 Å². The molecule has 0 fully saturated rings. The monoisotopic (exact) mass is 402 g/mol. The highest BCUT2D eigenvalue weighted by molar-refractivity contribution is 7.77. The van der Waals surface area contributed by atoms with E-state index in [1.54, 1.807) is 10.4 Å². The van der Waals surface area contributed by atoms with E-state index >= 15 is 0 Å². The van der Waals surface area contributed by atoms with Gasteiger partial charge in [0.25, 0.3) is 0 Å². The molecular formula is C23H34N2S2. The lowest BCUT2D eigenvalue weighted by atomic mass is 9.76. The van der Waals surface area contributed by atoms with Crippen molar-refractivity contribution in [3.8, 4) is 10.4 Å². The fourth-order valence-electron chi connectivity index (χ4n) is 4.18. The zero-order valence-corrected chi connectivity index (χ0v) is 19.4. The largest absolute Gasteiger partial charge is 0.375 e. The highest BCUT2D eigenvalue weighted by Gasteiger charge is 2.29. The van der Waals surface area contributed by atoms with Crippen LogP contribution in [0.3, 0.4) is 0 Å². The van der Waals surface area contributed by atoms with E-state index in [1.807, 2.05) is 22.7 Å². The minimum Gasteiger partial charge on any atom is -0.375 e. The lowest BCUT2D eigenvalue weighted by Gasteiger charge is -2.29. The minimum absolute atomic E-state index is 0.424. The number of anilines is 1. The molecule has 1 aliphatic rings. The van der Waals surface area contributed by atoms with E-state index < -0.39 is 0 Å². The van der Waals surface area contributed by atoms with Crippen LogP contribution in [0.2, 0.25) is 0 Å². The van der Waals surface area contributed by atoms with Gasteiger partial charge in [-0.2, -0.15) is 0 Å². The quantitative estimate of drug-likeness (QED) is 0.562. The van der Waals surface area contributed by atoms with Crippen LogP contribution >= 0.6 is 24.2 Å². The van der Waals surface area contributed by atoms with Crippen molar-refractivity contribution >= 4 is 29.8 Å². The maximum Gasteiger partial charge on any atom is 0.0381 e. The van der Waals surface area contributed by atoms with Crippen LogP contribution < -0.4 is 4.90 Å². The maximum absolute atomic E-state index is 4.52. The fourth-order valence-corrected chi connectivity index (χ4v) is 5.71. The van der Waals surface area contributed by atoms with Crippen molar-refractivity contribution in [2.75, 3.05) is 25.5 Å². The van der Waals surface area contributed by atoms with Crippen LogP contribution in [0.1, 0.15) is 55.2 Å². The number of hydrogen-bond donors (Lipinski definition) is 1. The van der Waals surface area contributed by atoms with Gasteiger partial charge >= 0.3 is 0 Å². The highest BCUT2D eigenvalue weighted by Crippen LogP contribution is 2.46. The van der Waals surface area contributed by atoms with Crippen LogP contribution in [0, 0.1) is 12.3 Å². The summed E-state index contributed by atoms with van der Waals surface area (Å²) < 4.78 is 1.97. The standard InChI is InChI=1S/C23H34N2S2/c1-7-12-24(5)18-9-8-17(15-25(6)26)19(13-18)22-16(2)20-14-23(3,4)11-10-21(20)27-22/h8-9,13,26H,7,10-12,14-15H2,1-6H3. The average molecular weight is 403 g/mol. The zero-order valence-electron chi connectivity index (χ0n) is 17.7. The normalized spacial score (nSPS) is 15.9. The summed E-state index contributed by atoms with van der Waals surface area (Å²) in [6.45, 7) is 11.3. The second-order valence-corrected chi connectivity index (χ2v) is 10.7. The summed E-state index contributed by atoms with van der Waals surface area (Å²) >= 11 is 6.55. The van der Waals surface area contributed by atoms with Gasteiger partial charge in [-0.1, -0.05) is 39.7 Å². The summed E-state index contributed by atoms with van der Waals surface area (Å²) in [6.07, 6.45) is 4.90. The Bertz CT molecular complexity index is 805. The van der Waals surface area contributed by atoms with Gasteiger partial charge < -0.3 is 4.90 Å². The van der Waals surface area contributed by atoms with Crippen molar-refractivity contribution in [3.63, 3.8) is 0 Å². The molecule has 1 aliphatic carbocycles. The smallest absolute Gasteiger partial charge is 0.0381 e. The lowest BCUT2D eigenvalue weighted by Crippen LogP contribution is -2.21. The first-order valence-corrected chi connectivity index (χ1v) is 11.3. The first kappa shape index (κ1) is 20.8. The maximum atomic E-state index is 4.52. The van der Waals surface area contributed by atoms with E-state index in [0.717, 1.165) is 19.5 Å². The Morgan fingerprint density at radius 2 is 1.96 bits per heavy atom. The first-order chi connectivity index (χ1) is 12.7. The summed E-state index contributed by atoms with van der Waals surface area (Å²) in [5, 5.41) is 0. The van der Waals surface area contributed by atoms with Crippen molar-refractivity contribution in [2.24, 2.45) is 5.41 Å². The number of benzene rings is 1. The molecule has 2 aromatic rings. The fraction of sp³-hybridized carbons (Fsp3) is 0.565. The second kappa shape index (κ2) is 8.18. The molecule has 148 valence electrons. The Labute approximate surface area is 175 Å². The van der Waals surface area contributed by atoms with Gasteiger partial charge in [-0.15, -0.1) is 11.3 Å². The number of thiol groups is 1. The van der Waals surface area contributed by atoms with E-state index in [2.05, 4.69) is 70.7 Å². The van der Waals surface area contributed by atoms with Crippen molar-refractivity contribution in [3.05, 3.63) is 39.8 Å². The van der Waals surface area contributed by atoms with E-state index in [0.29, 0.717) is 5.41 Å². The van der Waals surface area contributed by atoms with Gasteiger partial charge in [-0.3, -0.25) is 4.31 Å². The molecule has 1 aromatic heterocycles. The Morgan fingerprint density at radius 3 is 2.63 bits per heavy atom. The highest BCUT2D eigenvalue weighted by atomic mass is 32.1. The van der Waals surface area contributed by atoms with Gasteiger partial charge in [0.2, 0.25) is 0 Å². The molecule has 0 bridgehead atoms. The van der Waals surface area contributed by atoms with Gasteiger partial charge in [0.05, 0.1) is 0 Å². The third kappa shape index (κ3) is 4.55. The number of nitrogens with zero attached hydrogens (tertiary/aromatic N) is 2. The third-order valence-corrected chi connectivity index (χ3v) is 7.34. The Hall–Kier alpha value is -0.970. The van der Waals surface area contributed by atoms with Crippen molar-refractivity contribution in [1.29, 1.82) is 0 Å². The third-order valence-electron chi connectivity index (χ3n) is 5.78. The zero-order chi connectivity index (χ0) is 19.8. The Morgan fingerprint density at radius 1 is 1.22 bits per heavy atom. The van der Waals surface area contributed by atoms with Crippen molar-refractivity contribution < 1.29 is 0 Å². The van der Waals surface area contributed by atoms with Crippen LogP contribution in [0.5, 0.6) is 0 Å². The summed E-state index contributed by atoms with van der Waals surface area (Å²) in [5.74, 6) is 0. The van der Waals surface area contributed by atoms with E-state index in [1.165, 1.54) is 46.5 Å². The van der Waals surface area contributed by atoms with E-state index in [4.69, 9.17) is 0 Å². The molecule has 0 saturated carbocycles. The molecule has 0 aliphatic heterocycles. The number of thiophene rings is 1. The van der Waals surface area contributed by atoms with Crippen LogP contribution in [-0.2, 0) is 19.4 Å². The number of hydrogen-bond acceptors (Lipinski definition) is 4. The average Bonchev–Trinajstić information content (AvgIpc) is 2.90. The van der Waals surface area contributed by atoms with Crippen LogP contribution in [0.25, 0.3) is 10.4 Å². The number of aryl methyl sites for hydroxylation is 1. The van der Waals surface area contributed by atoms with E-state index in [9.17, 15) is 0 Å². The molecule has 0 N–H and O–H groups in total. The molecule has 0 saturated heterocycles. The predicted octanol–water partition coefficient (Wildman–Crippen LogP) is 6.36. The summed E-state index contributed by atoms with van der Waals surface area (Å²) in [4.78, 5) is 5.44. The van der Waals surface area contributed by atoms with Gasteiger partial charge in [-0.05, 0) is 79.5 Å². The predicted molar refractivity (Wildman–Crippen MR) is 124 cm³/mol. The Kier molecular flexibility index (Phi) is 6.29. The molecule has 27 heavy (non-hydrogen) atoms. The van der Waals surface area contributed by atoms with Gasteiger partial charge in [-0.25, -0.2) is 0 Å². The molecule has 0 radical (unpaired) electrons. The Balaban J connectivity index is 2.09. The molecule has 0 unspecified atom stereocenters. The first-order valence-electron chi connectivity index (χ1n) is 10.1. The van der Waals surface area contributed by atoms with Crippen LogP contribution in [-0.4, -0.2) is 24.9 Å². The summed E-state index contributed by atoms with van der Waals surface area (Å²) in [6, 6.07) is 6.96. The molecular weight excluding hydrogens is 368 g/mol. The van der Waals surface area contributed by atoms with E-state index in [-0.39, 0.29) is 0 Å². The molecule has 4 heteroatoms. The number of fused-ring (bicyclic) bond motifs is 1. The number of rotatable bonds is 6. The topological polar surface area (TPSA) is 6.48 Å². The SMILES string of the molecule is CCCN(C)c1ccc(CN(C)S)c(-c2sc3c(c2C)CC(C)(C)CC3)c1. The summed E-state index contributed by atoms with van der Waals surface area (Å²) in [5.41, 5.74) is 7.61. The molecule has 0 atom stereocenters. The molecule has 0 spiro atoms.